The Hall–Kier alpha value is -3.52. The molecular weight excluding hydrogens is 436 g/mol. The second-order valence-corrected chi connectivity index (χ2v) is 9.21. The number of nitrogens with zero attached hydrogens (tertiary/aromatic N) is 3. The van der Waals surface area contributed by atoms with Crippen LogP contribution < -0.4 is 9.47 Å². The number of aromatic amines is 1. The Bertz CT molecular complexity index is 1340. The lowest BCUT2D eigenvalue weighted by Crippen LogP contribution is -2.25. The minimum atomic E-state index is -0.399. The number of carbonyl (C=O) groups is 1. The number of aryl methyl sites for hydroxylation is 1. The maximum absolute atomic E-state index is 13.4. The van der Waals surface area contributed by atoms with Gasteiger partial charge in [0.1, 0.15) is 6.61 Å². The van der Waals surface area contributed by atoms with Gasteiger partial charge in [0, 0.05) is 28.7 Å². The van der Waals surface area contributed by atoms with Crippen molar-refractivity contribution >= 4 is 28.4 Å². The zero-order valence-electron chi connectivity index (χ0n) is 18.4. The molecule has 1 aliphatic heterocycles. The fraction of sp³-hybridized carbons (Fsp3) is 0.240. The Morgan fingerprint density at radius 2 is 2.00 bits per heavy atom. The van der Waals surface area contributed by atoms with Crippen molar-refractivity contribution < 1.29 is 14.3 Å². The predicted molar refractivity (Wildman–Crippen MR) is 128 cm³/mol. The number of Topliss-reactive ketones (excluding diaryl/α,β-unsaturated/α-hetero) is 1. The number of allylic oxidation sites excluding steroid dienone is 1. The molecule has 2 aromatic heterocycles. The number of aromatic nitrogens is 4. The van der Waals surface area contributed by atoms with Gasteiger partial charge in [0.2, 0.25) is 0 Å². The molecule has 2 atom stereocenters. The summed E-state index contributed by atoms with van der Waals surface area (Å²) >= 11 is 1.39. The summed E-state index contributed by atoms with van der Waals surface area (Å²) in [6.45, 7) is 8.54. The topological polar surface area (TPSA) is 82.0 Å². The molecule has 0 saturated carbocycles. The third kappa shape index (κ3) is 3.91. The summed E-state index contributed by atoms with van der Waals surface area (Å²) in [6.07, 6.45) is 1.38. The predicted octanol–water partition coefficient (Wildman–Crippen LogP) is 5.13. The fourth-order valence-electron chi connectivity index (χ4n) is 4.08. The van der Waals surface area contributed by atoms with E-state index in [0.29, 0.717) is 35.6 Å². The molecule has 0 saturated heterocycles. The first-order chi connectivity index (χ1) is 16.1. The molecule has 0 radical (unpaired) electrons. The third-order valence-corrected chi connectivity index (χ3v) is 6.73. The normalized spacial score (nSPS) is 16.0. The maximum atomic E-state index is 13.4. The number of hydrogen-bond donors (Lipinski definition) is 1. The van der Waals surface area contributed by atoms with Crippen molar-refractivity contribution in [2.24, 2.45) is 0 Å². The molecule has 1 N–H and O–H groups in total. The minimum absolute atomic E-state index is 0.0517. The first-order valence-corrected chi connectivity index (χ1v) is 11.7. The van der Waals surface area contributed by atoms with Gasteiger partial charge in [0.15, 0.2) is 34.4 Å². The van der Waals surface area contributed by atoms with Gasteiger partial charge in [0.25, 0.3) is 0 Å². The maximum Gasteiger partial charge on any atom is 0.192 e. The molecule has 0 fully saturated rings. The van der Waals surface area contributed by atoms with Crippen LogP contribution in [0.3, 0.4) is 0 Å². The van der Waals surface area contributed by atoms with E-state index in [1.54, 1.807) is 6.08 Å². The highest BCUT2D eigenvalue weighted by Gasteiger charge is 2.30. The Morgan fingerprint density at radius 3 is 2.82 bits per heavy atom. The number of nitrogens with one attached hydrogen (secondary N) is 1. The van der Waals surface area contributed by atoms with E-state index in [2.05, 4.69) is 21.8 Å². The number of ether oxygens (including phenoxy) is 2. The number of hydrogen-bond acceptors (Lipinski definition) is 6. The quantitative estimate of drug-likeness (QED) is 0.234. The molecule has 4 aromatic rings. The van der Waals surface area contributed by atoms with Crippen LogP contribution >= 0.6 is 11.8 Å². The van der Waals surface area contributed by atoms with E-state index in [1.807, 2.05) is 66.9 Å². The Labute approximate surface area is 195 Å². The van der Waals surface area contributed by atoms with Gasteiger partial charge < -0.3 is 14.5 Å². The molecule has 5 rings (SSSR count). The molecule has 33 heavy (non-hydrogen) atoms. The standard InChI is InChI=1S/C25H24N4O3S/c1-4-13-29-24(21-14-31-19-11-7-8-12-20(19)32-21)27-28-25(29)33-16(3)23(30)22-15(2)26-18-10-6-5-9-17(18)22/h4-12,16,21,26H,1,13-14H2,2-3H3. The highest BCUT2D eigenvalue weighted by atomic mass is 32.2. The Morgan fingerprint density at radius 1 is 1.24 bits per heavy atom. The van der Waals surface area contributed by atoms with Gasteiger partial charge in [-0.2, -0.15) is 0 Å². The SMILES string of the molecule is C=CCn1c(SC(C)C(=O)c2c(C)[nH]c3ccccc23)nnc1C1COc2ccccc2O1. The Balaban J connectivity index is 1.41. The summed E-state index contributed by atoms with van der Waals surface area (Å²) in [5, 5.41) is 10.0. The molecule has 0 spiro atoms. The van der Waals surface area contributed by atoms with Gasteiger partial charge in [-0.1, -0.05) is 48.2 Å². The molecular formula is C25H24N4O3S. The number of rotatable bonds is 7. The molecule has 168 valence electrons. The van der Waals surface area contributed by atoms with E-state index < -0.39 is 6.10 Å². The van der Waals surface area contributed by atoms with Crippen LogP contribution in [0, 0.1) is 6.92 Å². The van der Waals surface area contributed by atoms with Gasteiger partial charge in [-0.25, -0.2) is 0 Å². The zero-order chi connectivity index (χ0) is 22.9. The van der Waals surface area contributed by atoms with E-state index in [0.717, 1.165) is 22.2 Å². The monoisotopic (exact) mass is 460 g/mol. The molecule has 2 aromatic carbocycles. The van der Waals surface area contributed by atoms with E-state index in [-0.39, 0.29) is 11.0 Å². The zero-order valence-corrected chi connectivity index (χ0v) is 19.3. The molecule has 0 aliphatic carbocycles. The number of fused-ring (bicyclic) bond motifs is 2. The van der Waals surface area contributed by atoms with Crippen LogP contribution in [-0.4, -0.2) is 37.4 Å². The molecule has 8 heteroatoms. The number of para-hydroxylation sites is 3. The van der Waals surface area contributed by atoms with Crippen molar-refractivity contribution in [2.45, 2.75) is 36.9 Å². The summed E-state index contributed by atoms with van der Waals surface area (Å²) < 4.78 is 13.9. The average Bonchev–Trinajstić information content (AvgIpc) is 3.38. The summed E-state index contributed by atoms with van der Waals surface area (Å²) in [5.74, 6) is 2.09. The van der Waals surface area contributed by atoms with Crippen LogP contribution in [0.2, 0.25) is 0 Å². The van der Waals surface area contributed by atoms with Crippen molar-refractivity contribution in [2.75, 3.05) is 6.61 Å². The fourth-order valence-corrected chi connectivity index (χ4v) is 5.01. The summed E-state index contributed by atoms with van der Waals surface area (Å²) in [7, 11) is 0. The van der Waals surface area contributed by atoms with Crippen LogP contribution in [0.5, 0.6) is 11.5 Å². The smallest absolute Gasteiger partial charge is 0.192 e. The van der Waals surface area contributed by atoms with Crippen molar-refractivity contribution in [1.29, 1.82) is 0 Å². The van der Waals surface area contributed by atoms with Crippen LogP contribution in [0.1, 0.15) is 34.9 Å². The van der Waals surface area contributed by atoms with Gasteiger partial charge in [-0.3, -0.25) is 9.36 Å². The van der Waals surface area contributed by atoms with E-state index in [4.69, 9.17) is 9.47 Å². The van der Waals surface area contributed by atoms with E-state index in [9.17, 15) is 4.79 Å². The number of thioether (sulfide) groups is 1. The first-order valence-electron chi connectivity index (χ1n) is 10.8. The highest BCUT2D eigenvalue weighted by molar-refractivity contribution is 8.00. The summed E-state index contributed by atoms with van der Waals surface area (Å²) in [5.41, 5.74) is 2.55. The molecule has 2 unspecified atom stereocenters. The first kappa shape index (κ1) is 21.3. The average molecular weight is 461 g/mol. The number of benzene rings is 2. The third-order valence-electron chi connectivity index (χ3n) is 5.65. The molecule has 0 amide bonds. The van der Waals surface area contributed by atoms with Crippen molar-refractivity contribution in [3.05, 3.63) is 78.3 Å². The van der Waals surface area contributed by atoms with Crippen molar-refractivity contribution in [3.63, 3.8) is 0 Å². The van der Waals surface area contributed by atoms with Crippen LogP contribution in [-0.2, 0) is 6.54 Å². The van der Waals surface area contributed by atoms with Gasteiger partial charge in [0.05, 0.1) is 5.25 Å². The van der Waals surface area contributed by atoms with Gasteiger partial charge in [-0.05, 0) is 32.0 Å². The van der Waals surface area contributed by atoms with Crippen LogP contribution in [0.25, 0.3) is 10.9 Å². The number of H-pyrrole nitrogens is 1. The van der Waals surface area contributed by atoms with Gasteiger partial charge >= 0.3 is 0 Å². The lowest BCUT2D eigenvalue weighted by atomic mass is 10.1. The largest absolute Gasteiger partial charge is 0.485 e. The lowest BCUT2D eigenvalue weighted by Gasteiger charge is -2.26. The van der Waals surface area contributed by atoms with Crippen LogP contribution in [0.15, 0.2) is 66.3 Å². The van der Waals surface area contributed by atoms with Gasteiger partial charge in [-0.15, -0.1) is 16.8 Å². The summed E-state index contributed by atoms with van der Waals surface area (Å²) in [4.78, 5) is 16.7. The second kappa shape index (κ2) is 8.78. The van der Waals surface area contributed by atoms with Crippen LogP contribution in [0.4, 0.5) is 0 Å². The van der Waals surface area contributed by atoms with Crippen molar-refractivity contribution in [3.8, 4) is 11.5 Å². The Kier molecular flexibility index (Phi) is 5.68. The molecule has 7 nitrogen and oxygen atoms in total. The molecule has 1 aliphatic rings. The number of ketones is 1. The molecule has 0 bridgehead atoms. The highest BCUT2D eigenvalue weighted by Crippen LogP contribution is 2.37. The van der Waals surface area contributed by atoms with E-state index in [1.165, 1.54) is 11.8 Å². The minimum Gasteiger partial charge on any atom is -0.485 e. The summed E-state index contributed by atoms with van der Waals surface area (Å²) in [6, 6.07) is 15.4. The lowest BCUT2D eigenvalue weighted by molar-refractivity contribution is 0.0821. The molecule has 3 heterocycles. The second-order valence-electron chi connectivity index (χ2n) is 7.90. The number of carbonyl (C=O) groups excluding carboxylic acids is 1. The van der Waals surface area contributed by atoms with Crippen molar-refractivity contribution in [1.82, 2.24) is 19.7 Å². The van der Waals surface area contributed by atoms with E-state index >= 15 is 0 Å².